The number of aromatic amines is 1. The van der Waals surface area contributed by atoms with Crippen LogP contribution in [-0.2, 0) is 19.4 Å². The fourth-order valence-electron chi connectivity index (χ4n) is 2.63. The van der Waals surface area contributed by atoms with Gasteiger partial charge in [-0.2, -0.15) is 5.10 Å². The average Bonchev–Trinajstić information content (AvgIpc) is 3.06. The van der Waals surface area contributed by atoms with E-state index in [-0.39, 0.29) is 0 Å². The monoisotopic (exact) mass is 269 g/mol. The highest BCUT2D eigenvalue weighted by Gasteiger charge is 2.17. The van der Waals surface area contributed by atoms with Crippen molar-refractivity contribution in [3.63, 3.8) is 0 Å². The van der Waals surface area contributed by atoms with Crippen LogP contribution in [0.1, 0.15) is 30.8 Å². The van der Waals surface area contributed by atoms with Crippen molar-refractivity contribution in [1.82, 2.24) is 19.7 Å². The number of nitrogens with two attached hydrogens (primary N) is 1. The van der Waals surface area contributed by atoms with Gasteiger partial charge in [0.25, 0.3) is 0 Å². The molecule has 104 valence electrons. The Hall–Kier alpha value is -2.14. The second-order valence-electron chi connectivity index (χ2n) is 4.77. The Bertz CT molecular complexity index is 705. The lowest BCUT2D eigenvalue weighted by molar-refractivity contribution is 0.758. The normalized spacial score (nSPS) is 11.3. The number of rotatable bonds is 4. The lowest BCUT2D eigenvalue weighted by Crippen LogP contribution is -2.06. The average molecular weight is 269 g/mol. The standard InChI is InChI=1S/C15H19N5/c1-3-11-10(9-16)14(4-2)20(19-11)15-17-12-7-5-6-8-13(12)18-15/h5-8H,3-4,9,16H2,1-2H3,(H,17,18). The lowest BCUT2D eigenvalue weighted by Gasteiger charge is -2.03. The van der Waals surface area contributed by atoms with Crippen LogP contribution in [0.25, 0.3) is 17.0 Å². The molecule has 0 aliphatic carbocycles. The number of imidazole rings is 1. The fraction of sp³-hybridized carbons (Fsp3) is 0.333. The molecule has 5 nitrogen and oxygen atoms in total. The minimum atomic E-state index is 0.520. The van der Waals surface area contributed by atoms with Crippen LogP contribution in [0.15, 0.2) is 24.3 Å². The molecule has 0 radical (unpaired) electrons. The van der Waals surface area contributed by atoms with Gasteiger partial charge in [-0.3, -0.25) is 0 Å². The molecule has 0 saturated heterocycles. The molecule has 20 heavy (non-hydrogen) atoms. The summed E-state index contributed by atoms with van der Waals surface area (Å²) in [5.41, 5.74) is 11.2. The number of para-hydroxylation sites is 2. The van der Waals surface area contributed by atoms with Gasteiger partial charge in [0.1, 0.15) is 0 Å². The van der Waals surface area contributed by atoms with Crippen molar-refractivity contribution in [1.29, 1.82) is 0 Å². The lowest BCUT2D eigenvalue weighted by atomic mass is 10.1. The van der Waals surface area contributed by atoms with E-state index in [1.54, 1.807) is 0 Å². The molecule has 0 unspecified atom stereocenters. The molecule has 2 aromatic heterocycles. The molecule has 0 bridgehead atoms. The Kier molecular flexibility index (Phi) is 3.28. The molecule has 3 rings (SSSR count). The van der Waals surface area contributed by atoms with Gasteiger partial charge in [-0.1, -0.05) is 26.0 Å². The molecule has 0 aliphatic heterocycles. The van der Waals surface area contributed by atoms with Gasteiger partial charge in [0, 0.05) is 12.1 Å². The summed E-state index contributed by atoms with van der Waals surface area (Å²) in [6.07, 6.45) is 1.77. The van der Waals surface area contributed by atoms with Crippen molar-refractivity contribution in [2.45, 2.75) is 33.2 Å². The zero-order valence-corrected chi connectivity index (χ0v) is 11.8. The van der Waals surface area contributed by atoms with Crippen molar-refractivity contribution in [3.05, 3.63) is 41.2 Å². The zero-order valence-electron chi connectivity index (χ0n) is 11.8. The number of aromatic nitrogens is 4. The summed E-state index contributed by atoms with van der Waals surface area (Å²) in [7, 11) is 0. The van der Waals surface area contributed by atoms with E-state index in [1.165, 1.54) is 0 Å². The predicted octanol–water partition coefficient (Wildman–Crippen LogP) is 2.33. The summed E-state index contributed by atoms with van der Waals surface area (Å²) >= 11 is 0. The van der Waals surface area contributed by atoms with Crippen LogP contribution in [0.4, 0.5) is 0 Å². The van der Waals surface area contributed by atoms with Gasteiger partial charge in [-0.05, 0) is 25.0 Å². The van der Waals surface area contributed by atoms with E-state index in [0.29, 0.717) is 6.54 Å². The van der Waals surface area contributed by atoms with E-state index < -0.39 is 0 Å². The largest absolute Gasteiger partial charge is 0.326 e. The first-order valence-electron chi connectivity index (χ1n) is 7.03. The predicted molar refractivity (Wildman–Crippen MR) is 79.9 cm³/mol. The second-order valence-corrected chi connectivity index (χ2v) is 4.77. The molecule has 0 aliphatic rings. The first kappa shape index (κ1) is 12.9. The molecule has 0 saturated carbocycles. The van der Waals surface area contributed by atoms with Crippen molar-refractivity contribution in [2.24, 2.45) is 5.73 Å². The molecule has 0 spiro atoms. The van der Waals surface area contributed by atoms with Gasteiger partial charge >= 0.3 is 0 Å². The smallest absolute Gasteiger partial charge is 0.229 e. The van der Waals surface area contributed by atoms with Gasteiger partial charge in [0.2, 0.25) is 5.95 Å². The topological polar surface area (TPSA) is 72.5 Å². The number of H-pyrrole nitrogens is 1. The Morgan fingerprint density at radius 2 is 2.00 bits per heavy atom. The third kappa shape index (κ3) is 1.91. The maximum atomic E-state index is 5.89. The van der Waals surface area contributed by atoms with E-state index in [2.05, 4.69) is 28.9 Å². The van der Waals surface area contributed by atoms with Crippen LogP contribution < -0.4 is 5.73 Å². The molecule has 5 heteroatoms. The van der Waals surface area contributed by atoms with E-state index in [0.717, 1.165) is 46.8 Å². The molecule has 0 fully saturated rings. The molecule has 1 aromatic carbocycles. The molecule has 0 amide bonds. The van der Waals surface area contributed by atoms with Crippen LogP contribution >= 0.6 is 0 Å². The molecule has 2 heterocycles. The number of nitrogens with one attached hydrogen (secondary N) is 1. The Morgan fingerprint density at radius 3 is 2.65 bits per heavy atom. The number of aryl methyl sites for hydroxylation is 1. The van der Waals surface area contributed by atoms with Crippen LogP contribution in [0.2, 0.25) is 0 Å². The first-order valence-corrected chi connectivity index (χ1v) is 7.03. The van der Waals surface area contributed by atoms with Crippen LogP contribution in [0, 0.1) is 0 Å². The molecule has 0 atom stereocenters. The third-order valence-corrected chi connectivity index (χ3v) is 3.62. The minimum Gasteiger partial charge on any atom is -0.326 e. The highest BCUT2D eigenvalue weighted by atomic mass is 15.4. The Labute approximate surface area is 117 Å². The summed E-state index contributed by atoms with van der Waals surface area (Å²) in [5.74, 6) is 0.762. The Morgan fingerprint density at radius 1 is 1.20 bits per heavy atom. The number of fused-ring (bicyclic) bond motifs is 1. The summed E-state index contributed by atoms with van der Waals surface area (Å²) < 4.78 is 1.90. The van der Waals surface area contributed by atoms with Crippen LogP contribution in [0.5, 0.6) is 0 Å². The van der Waals surface area contributed by atoms with E-state index in [4.69, 9.17) is 5.73 Å². The van der Waals surface area contributed by atoms with E-state index in [1.807, 2.05) is 28.9 Å². The minimum absolute atomic E-state index is 0.520. The van der Waals surface area contributed by atoms with E-state index >= 15 is 0 Å². The molecular weight excluding hydrogens is 250 g/mol. The van der Waals surface area contributed by atoms with Crippen molar-refractivity contribution in [2.75, 3.05) is 0 Å². The van der Waals surface area contributed by atoms with Crippen LogP contribution in [0.3, 0.4) is 0 Å². The zero-order chi connectivity index (χ0) is 14.1. The van der Waals surface area contributed by atoms with Gasteiger partial charge < -0.3 is 10.7 Å². The summed E-state index contributed by atoms with van der Waals surface area (Å²) in [4.78, 5) is 7.94. The summed E-state index contributed by atoms with van der Waals surface area (Å²) in [6, 6.07) is 8.00. The van der Waals surface area contributed by atoms with Gasteiger partial charge in [-0.25, -0.2) is 9.67 Å². The van der Waals surface area contributed by atoms with Crippen molar-refractivity contribution in [3.8, 4) is 5.95 Å². The van der Waals surface area contributed by atoms with E-state index in [9.17, 15) is 0 Å². The van der Waals surface area contributed by atoms with Crippen molar-refractivity contribution >= 4 is 11.0 Å². The maximum absolute atomic E-state index is 5.89. The SMILES string of the molecule is CCc1nn(-c2nc3ccccc3[nH]2)c(CC)c1CN. The summed E-state index contributed by atoms with van der Waals surface area (Å²) in [6.45, 7) is 4.74. The number of hydrogen-bond acceptors (Lipinski definition) is 3. The number of hydrogen-bond donors (Lipinski definition) is 2. The number of benzene rings is 1. The van der Waals surface area contributed by atoms with Gasteiger partial charge in [0.15, 0.2) is 0 Å². The summed E-state index contributed by atoms with van der Waals surface area (Å²) in [5, 5.41) is 4.68. The highest BCUT2D eigenvalue weighted by molar-refractivity contribution is 5.75. The first-order chi connectivity index (χ1) is 9.78. The number of nitrogens with zero attached hydrogens (tertiary/aromatic N) is 3. The second kappa shape index (κ2) is 5.09. The maximum Gasteiger partial charge on any atom is 0.229 e. The molecule has 3 aromatic rings. The fourth-order valence-corrected chi connectivity index (χ4v) is 2.63. The quantitative estimate of drug-likeness (QED) is 0.763. The molecule has 3 N–H and O–H groups in total. The Balaban J connectivity index is 2.20. The highest BCUT2D eigenvalue weighted by Crippen LogP contribution is 2.20. The van der Waals surface area contributed by atoms with Crippen molar-refractivity contribution < 1.29 is 0 Å². The molecular formula is C15H19N5. The van der Waals surface area contributed by atoms with Gasteiger partial charge in [0.05, 0.1) is 22.4 Å². The third-order valence-electron chi connectivity index (χ3n) is 3.62. The van der Waals surface area contributed by atoms with Gasteiger partial charge in [-0.15, -0.1) is 0 Å². The van der Waals surface area contributed by atoms with Crippen LogP contribution in [-0.4, -0.2) is 19.7 Å².